The minimum Gasteiger partial charge on any atom is -0.489 e. The van der Waals surface area contributed by atoms with Gasteiger partial charge in [-0.05, 0) is 40.2 Å². The number of anilines is 1. The van der Waals surface area contributed by atoms with Gasteiger partial charge < -0.3 is 10.5 Å². The van der Waals surface area contributed by atoms with Gasteiger partial charge in [-0.3, -0.25) is 0 Å². The van der Waals surface area contributed by atoms with E-state index in [4.69, 9.17) is 10.5 Å². The van der Waals surface area contributed by atoms with Gasteiger partial charge in [0.05, 0.1) is 4.47 Å². The molecule has 2 N–H and O–H groups in total. The molecular formula is C13H10BrF2NO. The number of rotatable bonds is 3. The third-order valence-electron chi connectivity index (χ3n) is 2.36. The smallest absolute Gasteiger partial charge is 0.141 e. The minimum atomic E-state index is -0.437. The first-order valence-corrected chi connectivity index (χ1v) is 5.97. The molecule has 2 aromatic rings. The zero-order valence-electron chi connectivity index (χ0n) is 9.29. The van der Waals surface area contributed by atoms with Crippen molar-refractivity contribution in [1.82, 2.24) is 0 Å². The molecule has 0 amide bonds. The topological polar surface area (TPSA) is 35.2 Å². The minimum absolute atomic E-state index is 0.0210. The van der Waals surface area contributed by atoms with Crippen LogP contribution in [-0.4, -0.2) is 0 Å². The Hall–Kier alpha value is -1.62. The fourth-order valence-electron chi connectivity index (χ4n) is 1.41. The third kappa shape index (κ3) is 2.98. The van der Waals surface area contributed by atoms with Crippen molar-refractivity contribution in [2.75, 3.05) is 5.73 Å². The number of hydrogen-bond donors (Lipinski definition) is 1. The Labute approximate surface area is 112 Å². The van der Waals surface area contributed by atoms with E-state index >= 15 is 0 Å². The number of ether oxygens (including phenoxy) is 1. The van der Waals surface area contributed by atoms with E-state index in [-0.39, 0.29) is 6.61 Å². The lowest BCUT2D eigenvalue weighted by atomic mass is 10.2. The Morgan fingerprint density at radius 1 is 1.06 bits per heavy atom. The van der Waals surface area contributed by atoms with Crippen molar-refractivity contribution in [2.24, 2.45) is 0 Å². The number of hydrogen-bond acceptors (Lipinski definition) is 2. The molecule has 18 heavy (non-hydrogen) atoms. The van der Waals surface area contributed by atoms with Gasteiger partial charge in [0.25, 0.3) is 0 Å². The van der Waals surface area contributed by atoms with Crippen molar-refractivity contribution in [1.29, 1.82) is 0 Å². The Kier molecular flexibility index (Phi) is 3.81. The quantitative estimate of drug-likeness (QED) is 0.873. The summed E-state index contributed by atoms with van der Waals surface area (Å²) in [5.74, 6) is -0.523. The number of nitrogen functional groups attached to an aromatic ring is 1. The lowest BCUT2D eigenvalue weighted by Gasteiger charge is -2.08. The van der Waals surface area contributed by atoms with E-state index in [1.807, 2.05) is 0 Å². The summed E-state index contributed by atoms with van der Waals surface area (Å²) in [5.41, 5.74) is 6.16. The van der Waals surface area contributed by atoms with E-state index in [1.54, 1.807) is 18.2 Å². The van der Waals surface area contributed by atoms with E-state index < -0.39 is 11.6 Å². The summed E-state index contributed by atoms with van der Waals surface area (Å²) in [7, 11) is 0. The van der Waals surface area contributed by atoms with Crippen molar-refractivity contribution in [3.05, 3.63) is 58.1 Å². The van der Waals surface area contributed by atoms with Gasteiger partial charge in [-0.1, -0.05) is 6.07 Å². The molecule has 2 nitrogen and oxygen atoms in total. The molecule has 0 spiro atoms. The van der Waals surface area contributed by atoms with Gasteiger partial charge in [-0.25, -0.2) is 8.78 Å². The van der Waals surface area contributed by atoms with Crippen LogP contribution in [0, 0.1) is 11.6 Å². The number of halogens is 3. The van der Waals surface area contributed by atoms with E-state index in [2.05, 4.69) is 15.9 Å². The van der Waals surface area contributed by atoms with Crippen LogP contribution >= 0.6 is 15.9 Å². The summed E-state index contributed by atoms with van der Waals surface area (Å²) in [6, 6.07) is 8.72. The molecule has 0 unspecified atom stereocenters. The average molecular weight is 314 g/mol. The highest BCUT2D eigenvalue weighted by molar-refractivity contribution is 9.10. The van der Waals surface area contributed by atoms with Crippen molar-refractivity contribution in [3.63, 3.8) is 0 Å². The number of nitrogens with two attached hydrogens (primary N) is 1. The van der Waals surface area contributed by atoms with Crippen LogP contribution in [0.1, 0.15) is 5.56 Å². The lowest BCUT2D eigenvalue weighted by Crippen LogP contribution is -1.99. The Bertz CT molecular complexity index is 575. The second kappa shape index (κ2) is 5.35. The van der Waals surface area contributed by atoms with Gasteiger partial charge >= 0.3 is 0 Å². The molecule has 0 aliphatic rings. The molecule has 5 heteroatoms. The molecule has 94 valence electrons. The van der Waals surface area contributed by atoms with Gasteiger partial charge in [0.15, 0.2) is 0 Å². The molecule has 0 aliphatic heterocycles. The van der Waals surface area contributed by atoms with Crippen molar-refractivity contribution < 1.29 is 13.5 Å². The zero-order valence-corrected chi connectivity index (χ0v) is 10.9. The fourth-order valence-corrected chi connectivity index (χ4v) is 1.65. The molecule has 0 fully saturated rings. The van der Waals surface area contributed by atoms with Gasteiger partial charge in [0.1, 0.15) is 24.0 Å². The highest BCUT2D eigenvalue weighted by atomic mass is 79.9. The standard InChI is InChI=1S/C13H10BrF2NO/c14-11-4-3-10(6-13(11)16)18-7-8-1-2-9(17)5-12(8)15/h1-6H,7,17H2. The van der Waals surface area contributed by atoms with Crippen LogP contribution in [0.15, 0.2) is 40.9 Å². The van der Waals surface area contributed by atoms with E-state index in [9.17, 15) is 8.78 Å². The Morgan fingerprint density at radius 2 is 1.83 bits per heavy atom. The normalized spacial score (nSPS) is 10.4. The summed E-state index contributed by atoms with van der Waals surface area (Å²) >= 11 is 3.04. The molecule has 0 aliphatic carbocycles. The first-order valence-electron chi connectivity index (χ1n) is 5.18. The van der Waals surface area contributed by atoms with Crippen molar-refractivity contribution in [2.45, 2.75) is 6.61 Å². The average Bonchev–Trinajstić information content (AvgIpc) is 2.32. The molecule has 0 atom stereocenters. The Balaban J connectivity index is 2.09. The predicted molar refractivity (Wildman–Crippen MR) is 69.2 cm³/mol. The number of benzene rings is 2. The molecule has 0 heterocycles. The van der Waals surface area contributed by atoms with Crippen molar-refractivity contribution in [3.8, 4) is 5.75 Å². The maximum absolute atomic E-state index is 13.5. The monoisotopic (exact) mass is 313 g/mol. The molecule has 0 saturated heterocycles. The second-order valence-electron chi connectivity index (χ2n) is 3.72. The fraction of sp³-hybridized carbons (Fsp3) is 0.0769. The van der Waals surface area contributed by atoms with Gasteiger partial charge in [0.2, 0.25) is 0 Å². The van der Waals surface area contributed by atoms with Crippen LogP contribution in [0.5, 0.6) is 5.75 Å². The maximum Gasteiger partial charge on any atom is 0.141 e. The van der Waals surface area contributed by atoms with Crippen LogP contribution in [0.25, 0.3) is 0 Å². The van der Waals surface area contributed by atoms with E-state index in [1.165, 1.54) is 18.2 Å². The Morgan fingerprint density at radius 3 is 2.50 bits per heavy atom. The third-order valence-corrected chi connectivity index (χ3v) is 3.01. The second-order valence-corrected chi connectivity index (χ2v) is 4.57. The van der Waals surface area contributed by atoms with Gasteiger partial charge in [0, 0.05) is 17.3 Å². The lowest BCUT2D eigenvalue weighted by molar-refractivity contribution is 0.298. The molecule has 0 saturated carbocycles. The summed E-state index contributed by atoms with van der Waals surface area (Å²) < 4.78 is 32.3. The van der Waals surface area contributed by atoms with Crippen molar-refractivity contribution >= 4 is 21.6 Å². The zero-order chi connectivity index (χ0) is 13.1. The van der Waals surface area contributed by atoms with Crippen LogP contribution < -0.4 is 10.5 Å². The largest absolute Gasteiger partial charge is 0.489 e. The predicted octanol–water partition coefficient (Wildman–Crippen LogP) is 3.89. The highest BCUT2D eigenvalue weighted by Crippen LogP contribution is 2.22. The van der Waals surface area contributed by atoms with Gasteiger partial charge in [-0.15, -0.1) is 0 Å². The maximum atomic E-state index is 13.5. The van der Waals surface area contributed by atoms with Crippen LogP contribution in [-0.2, 0) is 6.61 Å². The SMILES string of the molecule is Nc1ccc(COc2ccc(Br)c(F)c2)c(F)c1. The molecule has 0 bridgehead atoms. The van der Waals surface area contributed by atoms with Gasteiger partial charge in [-0.2, -0.15) is 0 Å². The van der Waals surface area contributed by atoms with Crippen LogP contribution in [0.2, 0.25) is 0 Å². The first-order chi connectivity index (χ1) is 8.56. The van der Waals surface area contributed by atoms with Crippen LogP contribution in [0.4, 0.5) is 14.5 Å². The molecule has 2 aromatic carbocycles. The highest BCUT2D eigenvalue weighted by Gasteiger charge is 2.05. The molecule has 0 radical (unpaired) electrons. The summed E-state index contributed by atoms with van der Waals surface area (Å²) in [5, 5.41) is 0. The summed E-state index contributed by atoms with van der Waals surface area (Å²) in [6.07, 6.45) is 0. The molecule has 0 aromatic heterocycles. The van der Waals surface area contributed by atoms with E-state index in [0.29, 0.717) is 21.5 Å². The molecular weight excluding hydrogens is 304 g/mol. The van der Waals surface area contributed by atoms with E-state index in [0.717, 1.165) is 0 Å². The summed E-state index contributed by atoms with van der Waals surface area (Å²) in [6.45, 7) is 0.0210. The molecule has 2 rings (SSSR count). The van der Waals surface area contributed by atoms with Crippen LogP contribution in [0.3, 0.4) is 0 Å². The first kappa shape index (κ1) is 12.8. The summed E-state index contributed by atoms with van der Waals surface area (Å²) in [4.78, 5) is 0.